The molecule has 1 nitrogen and oxygen atoms in total. The summed E-state index contributed by atoms with van der Waals surface area (Å²) in [5, 5.41) is 9.44. The van der Waals surface area contributed by atoms with Crippen molar-refractivity contribution in [1.82, 2.24) is 0 Å². The van der Waals surface area contributed by atoms with E-state index in [2.05, 4.69) is 0 Å². The molecule has 0 aliphatic carbocycles. The molecular weight excluding hydrogens is 174 g/mol. The molecule has 0 saturated carbocycles. The molecule has 1 atom stereocenters. The fourth-order valence-corrected chi connectivity index (χ4v) is 1.21. The van der Waals surface area contributed by atoms with Crippen LogP contribution >= 0.6 is 0 Å². The summed E-state index contributed by atoms with van der Waals surface area (Å²) in [7, 11) is 0. The van der Waals surface area contributed by atoms with Gasteiger partial charge in [-0.15, -0.1) is 0 Å². The van der Waals surface area contributed by atoms with Crippen molar-refractivity contribution in [3.8, 4) is 0 Å². The van der Waals surface area contributed by atoms with Crippen molar-refractivity contribution in [2.75, 3.05) is 0 Å². The predicted octanol–water partition coefficient (Wildman–Crippen LogP) is 2.80. The van der Waals surface area contributed by atoms with Crippen molar-refractivity contribution in [3.05, 3.63) is 35.4 Å². The van der Waals surface area contributed by atoms with E-state index in [9.17, 15) is 13.9 Å². The van der Waals surface area contributed by atoms with Crippen LogP contribution < -0.4 is 0 Å². The van der Waals surface area contributed by atoms with E-state index in [1.807, 2.05) is 6.92 Å². The maximum atomic E-state index is 12.7. The van der Waals surface area contributed by atoms with Crippen LogP contribution in [0.15, 0.2) is 18.2 Å². The molecule has 0 saturated heterocycles. The van der Waals surface area contributed by atoms with Gasteiger partial charge in [-0.05, 0) is 24.1 Å². The molecule has 3 heteroatoms. The molecule has 0 heterocycles. The van der Waals surface area contributed by atoms with Gasteiger partial charge in [-0.3, -0.25) is 0 Å². The first-order valence-corrected chi connectivity index (χ1v) is 4.27. The van der Waals surface area contributed by atoms with Gasteiger partial charge in [-0.1, -0.05) is 13.3 Å². The maximum Gasteiger partial charge on any atom is 0.126 e. The highest BCUT2D eigenvalue weighted by molar-refractivity contribution is 5.19. The second-order valence-electron chi connectivity index (χ2n) is 3.01. The summed E-state index contributed by atoms with van der Waals surface area (Å²) < 4.78 is 25.4. The third kappa shape index (κ3) is 2.77. The second kappa shape index (κ2) is 4.33. The molecule has 1 rings (SSSR count). The van der Waals surface area contributed by atoms with Gasteiger partial charge >= 0.3 is 0 Å². The van der Waals surface area contributed by atoms with E-state index in [0.717, 1.165) is 24.6 Å². The van der Waals surface area contributed by atoms with Crippen molar-refractivity contribution < 1.29 is 13.9 Å². The smallest absolute Gasteiger partial charge is 0.126 e. The predicted molar refractivity (Wildman–Crippen MR) is 46.2 cm³/mol. The van der Waals surface area contributed by atoms with Crippen molar-refractivity contribution in [1.29, 1.82) is 0 Å². The normalized spacial score (nSPS) is 12.9. The first-order valence-electron chi connectivity index (χ1n) is 4.27. The van der Waals surface area contributed by atoms with Crippen molar-refractivity contribution in [2.24, 2.45) is 0 Å². The number of aliphatic hydroxyl groups excluding tert-OH is 1. The van der Waals surface area contributed by atoms with Crippen molar-refractivity contribution in [2.45, 2.75) is 25.9 Å². The van der Waals surface area contributed by atoms with E-state index in [1.54, 1.807) is 0 Å². The van der Waals surface area contributed by atoms with Crippen LogP contribution in [0, 0.1) is 11.6 Å². The number of benzene rings is 1. The second-order valence-corrected chi connectivity index (χ2v) is 3.01. The fourth-order valence-electron chi connectivity index (χ4n) is 1.21. The minimum absolute atomic E-state index is 0.305. The molecule has 0 aromatic heterocycles. The number of hydrogen-bond donors (Lipinski definition) is 1. The maximum absolute atomic E-state index is 12.7. The summed E-state index contributed by atoms with van der Waals surface area (Å²) in [6.45, 7) is 1.90. The fraction of sp³-hybridized carbons (Fsp3) is 0.400. The van der Waals surface area contributed by atoms with Crippen LogP contribution in [0.5, 0.6) is 0 Å². The SMILES string of the molecule is CCC[C@H](O)c1cc(F)cc(F)c1. The Morgan fingerprint density at radius 2 is 1.77 bits per heavy atom. The van der Waals surface area contributed by atoms with E-state index in [1.165, 1.54) is 0 Å². The Morgan fingerprint density at radius 1 is 1.23 bits per heavy atom. The minimum atomic E-state index is -0.768. The van der Waals surface area contributed by atoms with Crippen molar-refractivity contribution in [3.63, 3.8) is 0 Å². The molecular formula is C10H12F2O. The van der Waals surface area contributed by atoms with Crippen LogP contribution in [-0.2, 0) is 0 Å². The van der Waals surface area contributed by atoms with Crippen LogP contribution in [0.1, 0.15) is 31.4 Å². The summed E-state index contributed by atoms with van der Waals surface area (Å²) in [5.74, 6) is -1.30. The van der Waals surface area contributed by atoms with Gasteiger partial charge in [0, 0.05) is 6.07 Å². The third-order valence-corrected chi connectivity index (χ3v) is 1.83. The molecule has 0 aliphatic rings. The van der Waals surface area contributed by atoms with E-state index < -0.39 is 17.7 Å². The Hall–Kier alpha value is -0.960. The highest BCUT2D eigenvalue weighted by atomic mass is 19.1. The zero-order valence-corrected chi connectivity index (χ0v) is 7.43. The van der Waals surface area contributed by atoms with Gasteiger partial charge in [0.25, 0.3) is 0 Å². The Balaban J connectivity index is 2.87. The highest BCUT2D eigenvalue weighted by Gasteiger charge is 2.08. The lowest BCUT2D eigenvalue weighted by atomic mass is 10.1. The van der Waals surface area contributed by atoms with Gasteiger partial charge in [0.15, 0.2) is 0 Å². The molecule has 0 spiro atoms. The van der Waals surface area contributed by atoms with Gasteiger partial charge in [0.1, 0.15) is 11.6 Å². The lowest BCUT2D eigenvalue weighted by Gasteiger charge is -2.09. The molecule has 0 unspecified atom stereocenters. The third-order valence-electron chi connectivity index (χ3n) is 1.83. The van der Waals surface area contributed by atoms with E-state index in [4.69, 9.17) is 0 Å². The van der Waals surface area contributed by atoms with Crippen LogP contribution in [0.2, 0.25) is 0 Å². The molecule has 1 aromatic carbocycles. The quantitative estimate of drug-likeness (QED) is 0.769. The average Bonchev–Trinajstić information content (AvgIpc) is 2.03. The highest BCUT2D eigenvalue weighted by Crippen LogP contribution is 2.19. The molecule has 1 N–H and O–H groups in total. The van der Waals surface area contributed by atoms with Crippen LogP contribution in [0.4, 0.5) is 8.78 Å². The Bertz CT molecular complexity index is 266. The zero-order chi connectivity index (χ0) is 9.84. The van der Waals surface area contributed by atoms with Crippen LogP contribution in [0.25, 0.3) is 0 Å². The molecule has 0 radical (unpaired) electrons. The minimum Gasteiger partial charge on any atom is -0.388 e. The Morgan fingerprint density at radius 3 is 2.23 bits per heavy atom. The molecule has 72 valence electrons. The first-order chi connectivity index (χ1) is 6.13. The number of rotatable bonds is 3. The summed E-state index contributed by atoms with van der Waals surface area (Å²) in [6, 6.07) is 3.11. The molecule has 0 amide bonds. The van der Waals surface area contributed by atoms with E-state index >= 15 is 0 Å². The average molecular weight is 186 g/mol. The molecule has 1 aromatic rings. The van der Waals surface area contributed by atoms with E-state index in [-0.39, 0.29) is 0 Å². The summed E-state index contributed by atoms with van der Waals surface area (Å²) in [6.07, 6.45) is 0.526. The Labute approximate surface area is 76.0 Å². The lowest BCUT2D eigenvalue weighted by Crippen LogP contribution is -1.98. The summed E-state index contributed by atoms with van der Waals surface area (Å²) in [4.78, 5) is 0. The van der Waals surface area contributed by atoms with Gasteiger partial charge in [0.2, 0.25) is 0 Å². The van der Waals surface area contributed by atoms with E-state index in [0.29, 0.717) is 12.0 Å². The summed E-state index contributed by atoms with van der Waals surface area (Å²) >= 11 is 0. The van der Waals surface area contributed by atoms with Crippen molar-refractivity contribution >= 4 is 0 Å². The van der Waals surface area contributed by atoms with Gasteiger partial charge in [-0.2, -0.15) is 0 Å². The number of halogens is 2. The van der Waals surface area contributed by atoms with Crippen LogP contribution in [0.3, 0.4) is 0 Å². The lowest BCUT2D eigenvalue weighted by molar-refractivity contribution is 0.165. The topological polar surface area (TPSA) is 20.2 Å². The summed E-state index contributed by atoms with van der Waals surface area (Å²) in [5.41, 5.74) is 0.305. The number of hydrogen-bond acceptors (Lipinski definition) is 1. The van der Waals surface area contributed by atoms with Gasteiger partial charge in [0.05, 0.1) is 6.10 Å². The molecule has 13 heavy (non-hydrogen) atoms. The van der Waals surface area contributed by atoms with Crippen LogP contribution in [-0.4, -0.2) is 5.11 Å². The first kappa shape index (κ1) is 10.1. The van der Waals surface area contributed by atoms with Gasteiger partial charge < -0.3 is 5.11 Å². The molecule has 0 bridgehead atoms. The molecule has 0 fully saturated rings. The number of aliphatic hydroxyl groups is 1. The standard InChI is InChI=1S/C10H12F2O/c1-2-3-10(13)7-4-8(11)6-9(12)5-7/h4-6,10,13H,2-3H2,1H3/t10-/m0/s1. The molecule has 0 aliphatic heterocycles. The zero-order valence-electron chi connectivity index (χ0n) is 7.43. The van der Waals surface area contributed by atoms with Gasteiger partial charge in [-0.25, -0.2) is 8.78 Å². The Kier molecular flexibility index (Phi) is 3.37. The largest absolute Gasteiger partial charge is 0.388 e. The monoisotopic (exact) mass is 186 g/mol.